The van der Waals surface area contributed by atoms with Gasteiger partial charge >= 0.3 is 0 Å². The van der Waals surface area contributed by atoms with Crippen molar-refractivity contribution in [2.75, 3.05) is 25.0 Å². The predicted molar refractivity (Wildman–Crippen MR) is 77.2 cm³/mol. The van der Waals surface area contributed by atoms with Gasteiger partial charge in [0.25, 0.3) is 0 Å². The van der Waals surface area contributed by atoms with E-state index >= 15 is 0 Å². The van der Waals surface area contributed by atoms with Crippen LogP contribution in [0.3, 0.4) is 0 Å². The summed E-state index contributed by atoms with van der Waals surface area (Å²) < 4.78 is 0. The molecule has 98 valence electrons. The van der Waals surface area contributed by atoms with Crippen molar-refractivity contribution in [1.29, 1.82) is 0 Å². The number of nitrogens with zero attached hydrogens (tertiary/aromatic N) is 1. The maximum absolute atomic E-state index is 6.14. The fourth-order valence-corrected chi connectivity index (χ4v) is 3.71. The molecule has 1 aromatic carbocycles. The van der Waals surface area contributed by atoms with E-state index in [1.807, 2.05) is 0 Å². The molecule has 0 saturated heterocycles. The van der Waals surface area contributed by atoms with Crippen LogP contribution in [0.2, 0.25) is 0 Å². The minimum Gasteiger partial charge on any atom is -0.374 e. The molecule has 1 aromatic rings. The summed E-state index contributed by atoms with van der Waals surface area (Å²) in [5.41, 5.74) is 10.8. The third-order valence-corrected chi connectivity index (χ3v) is 5.03. The Morgan fingerprint density at radius 3 is 2.72 bits per heavy atom. The van der Waals surface area contributed by atoms with Crippen LogP contribution in [0, 0.1) is 0 Å². The zero-order chi connectivity index (χ0) is 12.6. The summed E-state index contributed by atoms with van der Waals surface area (Å²) in [4.78, 5) is 2.38. The molecule has 0 atom stereocenters. The van der Waals surface area contributed by atoms with Gasteiger partial charge in [-0.15, -0.1) is 0 Å². The van der Waals surface area contributed by atoms with E-state index in [1.165, 1.54) is 55.3 Å². The van der Waals surface area contributed by atoms with Gasteiger partial charge in [0.2, 0.25) is 0 Å². The van der Waals surface area contributed by atoms with Gasteiger partial charge in [-0.1, -0.05) is 31.4 Å². The number of nitrogens with two attached hydrogens (primary N) is 1. The lowest BCUT2D eigenvalue weighted by molar-refractivity contribution is 0.301. The van der Waals surface area contributed by atoms with E-state index in [4.69, 9.17) is 5.73 Å². The fourth-order valence-electron chi connectivity index (χ4n) is 3.71. The average Bonchev–Trinajstić information content (AvgIpc) is 2.81. The van der Waals surface area contributed by atoms with Gasteiger partial charge in [-0.25, -0.2) is 0 Å². The Morgan fingerprint density at radius 1 is 1.22 bits per heavy atom. The number of likely N-dealkylation sites (N-methyl/N-ethyl adjacent to an activating group) is 1. The third-order valence-electron chi connectivity index (χ3n) is 5.03. The molecule has 0 bridgehead atoms. The molecule has 0 spiro atoms. The molecule has 1 fully saturated rings. The van der Waals surface area contributed by atoms with Crippen LogP contribution in [0.25, 0.3) is 0 Å². The number of fused-ring (bicyclic) bond motifs is 1. The molecule has 2 heteroatoms. The van der Waals surface area contributed by atoms with Gasteiger partial charge in [-0.05, 0) is 36.5 Å². The Kier molecular flexibility index (Phi) is 3.06. The van der Waals surface area contributed by atoms with Gasteiger partial charge in [0.05, 0.1) is 0 Å². The van der Waals surface area contributed by atoms with Gasteiger partial charge in [-0.2, -0.15) is 0 Å². The number of anilines is 1. The SMILES string of the molecule is CN1CCc2ccc(C3(CN)CCCCC3)cc21. The van der Waals surface area contributed by atoms with E-state index in [9.17, 15) is 0 Å². The molecule has 0 unspecified atom stereocenters. The fraction of sp³-hybridized carbons (Fsp3) is 0.625. The molecule has 0 radical (unpaired) electrons. The van der Waals surface area contributed by atoms with E-state index < -0.39 is 0 Å². The van der Waals surface area contributed by atoms with Crippen molar-refractivity contribution in [3.05, 3.63) is 29.3 Å². The smallest absolute Gasteiger partial charge is 0.0399 e. The molecule has 2 N–H and O–H groups in total. The van der Waals surface area contributed by atoms with Crippen molar-refractivity contribution in [3.8, 4) is 0 Å². The largest absolute Gasteiger partial charge is 0.374 e. The second-order valence-corrected chi connectivity index (χ2v) is 6.06. The topological polar surface area (TPSA) is 29.3 Å². The maximum Gasteiger partial charge on any atom is 0.0399 e. The van der Waals surface area contributed by atoms with Crippen molar-refractivity contribution >= 4 is 5.69 Å². The molecule has 1 aliphatic heterocycles. The summed E-state index contributed by atoms with van der Waals surface area (Å²) in [6.45, 7) is 1.96. The molecule has 2 nitrogen and oxygen atoms in total. The summed E-state index contributed by atoms with van der Waals surface area (Å²) in [5, 5.41) is 0. The molecule has 1 heterocycles. The standard InChI is InChI=1S/C16H24N2/c1-18-10-7-13-5-6-14(11-15(13)18)16(12-17)8-3-2-4-9-16/h5-6,11H,2-4,7-10,12,17H2,1H3. The Bertz CT molecular complexity index is 433. The zero-order valence-corrected chi connectivity index (χ0v) is 11.4. The monoisotopic (exact) mass is 244 g/mol. The van der Waals surface area contributed by atoms with Crippen LogP contribution in [0.15, 0.2) is 18.2 Å². The number of benzene rings is 1. The minimum absolute atomic E-state index is 0.261. The van der Waals surface area contributed by atoms with Gasteiger partial charge in [0.1, 0.15) is 0 Å². The second kappa shape index (κ2) is 4.58. The predicted octanol–water partition coefficient (Wildman–Crippen LogP) is 2.84. The first kappa shape index (κ1) is 12.0. The summed E-state index contributed by atoms with van der Waals surface area (Å²) in [7, 11) is 2.20. The Balaban J connectivity index is 1.98. The quantitative estimate of drug-likeness (QED) is 0.867. The number of hydrogen-bond donors (Lipinski definition) is 1. The van der Waals surface area contributed by atoms with Gasteiger partial charge in [0.15, 0.2) is 0 Å². The maximum atomic E-state index is 6.14. The van der Waals surface area contributed by atoms with Crippen LogP contribution in [0.4, 0.5) is 5.69 Å². The second-order valence-electron chi connectivity index (χ2n) is 6.06. The lowest BCUT2D eigenvalue weighted by Crippen LogP contribution is -2.37. The van der Waals surface area contributed by atoms with Gasteiger partial charge < -0.3 is 10.6 Å². The van der Waals surface area contributed by atoms with Gasteiger partial charge in [0, 0.05) is 31.2 Å². The van der Waals surface area contributed by atoms with E-state index in [2.05, 4.69) is 30.1 Å². The van der Waals surface area contributed by atoms with Crippen LogP contribution in [-0.2, 0) is 11.8 Å². The van der Waals surface area contributed by atoms with Crippen molar-refractivity contribution in [1.82, 2.24) is 0 Å². The third kappa shape index (κ3) is 1.83. The van der Waals surface area contributed by atoms with E-state index in [0.717, 1.165) is 13.1 Å². The van der Waals surface area contributed by atoms with Crippen LogP contribution in [0.5, 0.6) is 0 Å². The lowest BCUT2D eigenvalue weighted by Gasteiger charge is -2.37. The zero-order valence-electron chi connectivity index (χ0n) is 11.4. The van der Waals surface area contributed by atoms with Crippen LogP contribution in [-0.4, -0.2) is 20.1 Å². The van der Waals surface area contributed by atoms with E-state index in [-0.39, 0.29) is 5.41 Å². The van der Waals surface area contributed by atoms with Crippen molar-refractivity contribution in [2.24, 2.45) is 5.73 Å². The summed E-state index contributed by atoms with van der Waals surface area (Å²) in [6, 6.07) is 7.09. The average molecular weight is 244 g/mol. The molecular weight excluding hydrogens is 220 g/mol. The highest BCUT2D eigenvalue weighted by molar-refractivity contribution is 5.60. The molecule has 1 aliphatic carbocycles. The van der Waals surface area contributed by atoms with Crippen LogP contribution >= 0.6 is 0 Å². The highest BCUT2D eigenvalue weighted by atomic mass is 15.1. The molecular formula is C16H24N2. The lowest BCUT2D eigenvalue weighted by atomic mass is 9.69. The van der Waals surface area contributed by atoms with E-state index in [1.54, 1.807) is 0 Å². The van der Waals surface area contributed by atoms with Gasteiger partial charge in [-0.3, -0.25) is 0 Å². The number of hydrogen-bond acceptors (Lipinski definition) is 2. The number of rotatable bonds is 2. The highest BCUT2D eigenvalue weighted by Crippen LogP contribution is 2.41. The summed E-state index contributed by atoms with van der Waals surface area (Å²) >= 11 is 0. The molecule has 2 aliphatic rings. The molecule has 0 aromatic heterocycles. The van der Waals surface area contributed by atoms with Crippen molar-refractivity contribution in [3.63, 3.8) is 0 Å². The van der Waals surface area contributed by atoms with Crippen molar-refractivity contribution < 1.29 is 0 Å². The Labute approximate surface area is 110 Å². The summed E-state index contributed by atoms with van der Waals surface area (Å²) in [6.07, 6.45) is 7.79. The first-order chi connectivity index (χ1) is 8.75. The van der Waals surface area contributed by atoms with Crippen molar-refractivity contribution in [2.45, 2.75) is 43.9 Å². The molecule has 3 rings (SSSR count). The van der Waals surface area contributed by atoms with Crippen LogP contribution < -0.4 is 10.6 Å². The normalized spacial score (nSPS) is 22.0. The molecule has 0 amide bonds. The first-order valence-corrected chi connectivity index (χ1v) is 7.30. The minimum atomic E-state index is 0.261. The van der Waals surface area contributed by atoms with E-state index in [0.29, 0.717) is 0 Å². The molecule has 1 saturated carbocycles. The Morgan fingerprint density at radius 2 is 2.00 bits per heavy atom. The first-order valence-electron chi connectivity index (χ1n) is 7.30. The summed E-state index contributed by atoms with van der Waals surface area (Å²) in [5.74, 6) is 0. The highest BCUT2D eigenvalue weighted by Gasteiger charge is 2.33. The molecule has 18 heavy (non-hydrogen) atoms. The Hall–Kier alpha value is -1.02. The van der Waals surface area contributed by atoms with Crippen LogP contribution in [0.1, 0.15) is 43.2 Å².